The first-order chi connectivity index (χ1) is 22.0. The van der Waals surface area contributed by atoms with Crippen LogP contribution in [0, 0.1) is 0 Å². The van der Waals surface area contributed by atoms with Crippen LogP contribution in [0.4, 0.5) is 4.79 Å². The fraction of sp³-hybridized carbons (Fsp3) is 0.290. The van der Waals surface area contributed by atoms with Crippen molar-refractivity contribution in [3.05, 3.63) is 95.7 Å². The second-order valence-electron chi connectivity index (χ2n) is 11.4. The molecule has 3 aromatic carbocycles. The number of hydrazine groups is 1. The van der Waals surface area contributed by atoms with Crippen LogP contribution < -0.4 is 9.84 Å². The Kier molecular flexibility index (Phi) is 8.53. The van der Waals surface area contributed by atoms with Gasteiger partial charge in [-0.1, -0.05) is 60.7 Å². The molecule has 0 unspecified atom stereocenters. The van der Waals surface area contributed by atoms with Crippen molar-refractivity contribution in [2.45, 2.75) is 31.7 Å². The van der Waals surface area contributed by atoms with Crippen LogP contribution in [-0.2, 0) is 40.7 Å². The Morgan fingerprint density at radius 3 is 2.46 bits per heavy atom. The van der Waals surface area contributed by atoms with Gasteiger partial charge in [-0.25, -0.2) is 19.4 Å². The third-order valence-corrected chi connectivity index (χ3v) is 8.67. The number of urea groups is 1. The summed E-state index contributed by atoms with van der Waals surface area (Å²) in [6, 6.07) is 19.9. The van der Waals surface area contributed by atoms with E-state index in [1.54, 1.807) is 40.0 Å². The van der Waals surface area contributed by atoms with Crippen LogP contribution in [0.1, 0.15) is 16.7 Å². The number of likely N-dealkylation sites (N-methyl/N-ethyl adjacent to an activating group) is 1. The molecule has 4 aromatic rings. The van der Waals surface area contributed by atoms with E-state index >= 15 is 0 Å². The van der Waals surface area contributed by atoms with E-state index in [0.29, 0.717) is 5.56 Å². The number of nitrogens with one attached hydrogen (secondary N) is 1. The molecule has 2 fully saturated rings. The van der Waals surface area contributed by atoms with Gasteiger partial charge in [0.1, 0.15) is 18.0 Å². The molecule has 2 atom stereocenters. The third kappa shape index (κ3) is 6.46. The maximum absolute atomic E-state index is 14.3. The number of benzene rings is 3. The van der Waals surface area contributed by atoms with E-state index in [-0.39, 0.29) is 50.2 Å². The Labute approximate surface area is 264 Å². The van der Waals surface area contributed by atoms with E-state index in [0.717, 1.165) is 22.0 Å². The van der Waals surface area contributed by atoms with Crippen molar-refractivity contribution in [2.24, 2.45) is 7.05 Å². The predicted molar refractivity (Wildman–Crippen MR) is 167 cm³/mol. The van der Waals surface area contributed by atoms with E-state index < -0.39 is 26.1 Å². The Bertz CT molecular complexity index is 1810. The Balaban J connectivity index is 1.33. The maximum atomic E-state index is 14.3. The SMILES string of the molecule is CN1CC(=O)N2[C@@H](Cc3ccc(OP(=O)(O)O)cc3)C(=O)N(Cc3cccc4cnn(C)c34)C[C@@H]2N1C(=O)NCc1ccccc1. The predicted octanol–water partition coefficient (Wildman–Crippen LogP) is 2.23. The summed E-state index contributed by atoms with van der Waals surface area (Å²) in [5, 5.41) is 11.3. The number of hydrogen-bond acceptors (Lipinski definition) is 7. The molecular weight excluding hydrogens is 613 g/mol. The summed E-state index contributed by atoms with van der Waals surface area (Å²) in [5.41, 5.74) is 3.30. The number of nitrogens with zero attached hydrogens (tertiary/aromatic N) is 6. The van der Waals surface area contributed by atoms with E-state index in [4.69, 9.17) is 9.79 Å². The molecule has 0 radical (unpaired) electrons. The number of phosphoric acid groups is 1. The molecule has 0 saturated carbocycles. The molecule has 2 aliphatic rings. The minimum atomic E-state index is -4.75. The molecule has 3 N–H and O–H groups in total. The summed E-state index contributed by atoms with van der Waals surface area (Å²) in [4.78, 5) is 63.1. The number of para-hydroxylation sites is 1. The largest absolute Gasteiger partial charge is 0.524 e. The average molecular weight is 648 g/mol. The lowest BCUT2D eigenvalue weighted by Crippen LogP contribution is -2.76. The minimum absolute atomic E-state index is 0.0345. The number of hydrogen-bond donors (Lipinski definition) is 3. The number of aromatic nitrogens is 2. The lowest BCUT2D eigenvalue weighted by Gasteiger charge is -2.54. The fourth-order valence-corrected chi connectivity index (χ4v) is 6.59. The number of carbonyl (C=O) groups excluding carboxylic acids is 3. The number of carbonyl (C=O) groups is 3. The number of phosphoric ester groups is 1. The van der Waals surface area contributed by atoms with Crippen LogP contribution in [0.5, 0.6) is 5.75 Å². The second kappa shape index (κ2) is 12.6. The number of fused-ring (bicyclic) bond motifs is 2. The molecule has 3 heterocycles. The van der Waals surface area contributed by atoms with Crippen molar-refractivity contribution in [2.75, 3.05) is 20.1 Å². The minimum Gasteiger partial charge on any atom is -0.404 e. The number of aryl methyl sites for hydroxylation is 1. The first-order valence-corrected chi connectivity index (χ1v) is 16.2. The van der Waals surface area contributed by atoms with E-state index in [1.165, 1.54) is 22.0 Å². The van der Waals surface area contributed by atoms with Crippen LogP contribution in [-0.4, -0.2) is 89.6 Å². The van der Waals surface area contributed by atoms with Crippen LogP contribution in [0.15, 0.2) is 79.0 Å². The molecule has 0 bridgehead atoms. The monoisotopic (exact) mass is 647 g/mol. The summed E-state index contributed by atoms with van der Waals surface area (Å²) in [6.45, 7) is 0.473. The van der Waals surface area contributed by atoms with Crippen molar-refractivity contribution >= 4 is 36.6 Å². The highest BCUT2D eigenvalue weighted by Crippen LogP contribution is 2.37. The highest BCUT2D eigenvalue weighted by molar-refractivity contribution is 7.46. The lowest BCUT2D eigenvalue weighted by atomic mass is 9.98. The second-order valence-corrected chi connectivity index (χ2v) is 12.5. The molecule has 46 heavy (non-hydrogen) atoms. The van der Waals surface area contributed by atoms with E-state index in [9.17, 15) is 18.9 Å². The zero-order valence-electron chi connectivity index (χ0n) is 25.3. The number of amides is 4. The molecule has 2 aliphatic heterocycles. The van der Waals surface area contributed by atoms with Crippen molar-refractivity contribution < 1.29 is 33.3 Å². The lowest BCUT2D eigenvalue weighted by molar-refractivity contribution is -0.187. The van der Waals surface area contributed by atoms with Gasteiger partial charge in [0.25, 0.3) is 0 Å². The van der Waals surface area contributed by atoms with Gasteiger partial charge in [-0.2, -0.15) is 5.10 Å². The van der Waals surface area contributed by atoms with Crippen LogP contribution in [0.3, 0.4) is 0 Å². The summed E-state index contributed by atoms with van der Waals surface area (Å²) < 4.78 is 17.7. The van der Waals surface area contributed by atoms with Crippen molar-refractivity contribution in [1.29, 1.82) is 0 Å². The Morgan fingerprint density at radius 2 is 1.74 bits per heavy atom. The highest BCUT2D eigenvalue weighted by Gasteiger charge is 2.50. The van der Waals surface area contributed by atoms with Gasteiger partial charge in [-0.3, -0.25) is 24.1 Å². The van der Waals surface area contributed by atoms with E-state index in [2.05, 4.69) is 14.9 Å². The molecule has 0 spiro atoms. The summed E-state index contributed by atoms with van der Waals surface area (Å²) in [6.07, 6.45) is 1.06. The van der Waals surface area contributed by atoms with Gasteiger partial charge in [0, 0.05) is 39.0 Å². The quantitative estimate of drug-likeness (QED) is 0.244. The van der Waals surface area contributed by atoms with Gasteiger partial charge in [-0.05, 0) is 28.8 Å². The average Bonchev–Trinajstić information content (AvgIpc) is 3.40. The zero-order chi connectivity index (χ0) is 32.6. The number of rotatable bonds is 8. The molecule has 4 amide bonds. The Morgan fingerprint density at radius 1 is 1.00 bits per heavy atom. The van der Waals surface area contributed by atoms with Crippen LogP contribution >= 0.6 is 7.82 Å². The van der Waals surface area contributed by atoms with E-state index in [1.807, 2.05) is 55.6 Å². The molecular formula is C31H34N7O7P. The Hall–Kier alpha value is -4.75. The molecule has 14 nitrogen and oxygen atoms in total. The van der Waals surface area contributed by atoms with Crippen molar-refractivity contribution in [3.63, 3.8) is 0 Å². The molecule has 6 rings (SSSR count). The molecule has 15 heteroatoms. The smallest absolute Gasteiger partial charge is 0.404 e. The zero-order valence-corrected chi connectivity index (χ0v) is 26.2. The van der Waals surface area contributed by atoms with Gasteiger partial charge < -0.3 is 19.6 Å². The maximum Gasteiger partial charge on any atom is 0.524 e. The number of piperazine rings is 1. The van der Waals surface area contributed by atoms with Crippen molar-refractivity contribution in [1.82, 2.24) is 34.9 Å². The first kappa shape index (κ1) is 31.2. The van der Waals surface area contributed by atoms with Crippen molar-refractivity contribution in [3.8, 4) is 5.75 Å². The molecule has 2 saturated heterocycles. The molecule has 0 aliphatic carbocycles. The van der Waals surface area contributed by atoms with Gasteiger partial charge in [0.2, 0.25) is 11.8 Å². The van der Waals surface area contributed by atoms with Gasteiger partial charge in [0.15, 0.2) is 0 Å². The third-order valence-electron chi connectivity index (χ3n) is 8.22. The fourth-order valence-electron chi connectivity index (χ4n) is 6.20. The highest BCUT2D eigenvalue weighted by atomic mass is 31.2. The van der Waals surface area contributed by atoms with Gasteiger partial charge in [0.05, 0.1) is 24.8 Å². The molecule has 240 valence electrons. The summed E-state index contributed by atoms with van der Waals surface area (Å²) >= 11 is 0. The topological polar surface area (TPSA) is 161 Å². The van der Waals surface area contributed by atoms with Gasteiger partial charge in [-0.15, -0.1) is 0 Å². The summed E-state index contributed by atoms with van der Waals surface area (Å²) in [5.74, 6) is -0.617. The molecule has 1 aromatic heterocycles. The van der Waals surface area contributed by atoms with Crippen LogP contribution in [0.2, 0.25) is 0 Å². The summed E-state index contributed by atoms with van der Waals surface area (Å²) in [7, 11) is -1.24. The van der Waals surface area contributed by atoms with Gasteiger partial charge >= 0.3 is 13.9 Å². The normalized spacial score (nSPS) is 19.0. The first-order valence-electron chi connectivity index (χ1n) is 14.6. The van der Waals surface area contributed by atoms with Crippen LogP contribution in [0.25, 0.3) is 10.9 Å². The standard InChI is InChI=1S/C31H34N7O7P/c1-34-20-28(39)37-26(15-21-11-13-25(14-12-21)45-46(42,43)44)30(40)36(18-24-10-6-9-23-17-33-35(2)29(23)24)19-27(37)38(34)31(41)32-16-22-7-4-3-5-8-22/h3-14,17,26-27H,15-16,18-20H2,1-2H3,(H,32,41)(H2,42,43,44)/t26-,27-/m0/s1.